The Morgan fingerprint density at radius 3 is 2.31 bits per heavy atom. The Hall–Kier alpha value is -3.36. The van der Waals surface area contributed by atoms with Gasteiger partial charge in [-0.2, -0.15) is 0 Å². The molecule has 210 valence electrons. The fraction of sp³-hybridized carbons (Fsp3) is 0.419. The number of carbonyl (C=O) groups excluding carboxylic acids is 2. The topological polar surface area (TPSA) is 68.3 Å². The van der Waals surface area contributed by atoms with Gasteiger partial charge in [-0.3, -0.25) is 9.59 Å². The maximum Gasteiger partial charge on any atom is 0.242 e. The second-order valence-corrected chi connectivity index (χ2v) is 10.2. The van der Waals surface area contributed by atoms with E-state index in [-0.39, 0.29) is 18.4 Å². The van der Waals surface area contributed by atoms with Gasteiger partial charge in [-0.1, -0.05) is 42.5 Å². The number of benzene rings is 2. The van der Waals surface area contributed by atoms with Gasteiger partial charge in [-0.05, 0) is 60.9 Å². The Bertz CT molecular complexity index is 1140. The van der Waals surface area contributed by atoms with Gasteiger partial charge in [0.2, 0.25) is 11.8 Å². The van der Waals surface area contributed by atoms with Crippen LogP contribution >= 0.6 is 11.3 Å². The molecule has 2 amide bonds. The monoisotopic (exact) mass is 552 g/mol. The molecule has 1 aromatic heterocycles. The Morgan fingerprint density at radius 2 is 1.62 bits per heavy atom. The van der Waals surface area contributed by atoms with Crippen LogP contribution < -0.4 is 9.47 Å². The van der Waals surface area contributed by atoms with E-state index in [2.05, 4.69) is 0 Å². The summed E-state index contributed by atoms with van der Waals surface area (Å²) in [6, 6.07) is 19.8. The summed E-state index contributed by atoms with van der Waals surface area (Å²) < 4.78 is 16.3. The zero-order valence-electron chi connectivity index (χ0n) is 23.3. The molecule has 2 aromatic carbocycles. The highest BCUT2D eigenvalue weighted by Gasteiger charge is 2.22. The first-order valence-electron chi connectivity index (χ1n) is 13.4. The van der Waals surface area contributed by atoms with E-state index in [4.69, 9.17) is 14.2 Å². The first kappa shape index (κ1) is 30.2. The smallest absolute Gasteiger partial charge is 0.242 e. The molecule has 7 nitrogen and oxygen atoms in total. The molecule has 8 heteroatoms. The zero-order valence-corrected chi connectivity index (χ0v) is 24.1. The summed E-state index contributed by atoms with van der Waals surface area (Å²) >= 11 is 1.62. The van der Waals surface area contributed by atoms with E-state index in [1.54, 1.807) is 30.5 Å². The molecule has 3 aromatic rings. The molecule has 0 unspecified atom stereocenters. The third-order valence-corrected chi connectivity index (χ3v) is 7.33. The van der Waals surface area contributed by atoms with Gasteiger partial charge >= 0.3 is 0 Å². The molecule has 0 aliphatic rings. The van der Waals surface area contributed by atoms with Crippen LogP contribution in [0.15, 0.2) is 66.0 Å². The lowest BCUT2D eigenvalue weighted by molar-refractivity contribution is -0.141. The molecular formula is C31H40N2O5S. The molecule has 39 heavy (non-hydrogen) atoms. The van der Waals surface area contributed by atoms with E-state index in [1.165, 1.54) is 0 Å². The van der Waals surface area contributed by atoms with Gasteiger partial charge in [-0.25, -0.2) is 0 Å². The van der Waals surface area contributed by atoms with Gasteiger partial charge in [0.05, 0.1) is 27.3 Å². The molecule has 0 bridgehead atoms. The van der Waals surface area contributed by atoms with Crippen LogP contribution in [0.4, 0.5) is 0 Å². The minimum atomic E-state index is -0.0617. The number of ether oxygens (including phenoxy) is 3. The predicted molar refractivity (Wildman–Crippen MR) is 155 cm³/mol. The first-order chi connectivity index (χ1) is 19.0. The minimum Gasteiger partial charge on any atom is -0.493 e. The lowest BCUT2D eigenvalue weighted by atomic mass is 10.1. The van der Waals surface area contributed by atoms with Crippen molar-refractivity contribution in [2.45, 2.75) is 39.2 Å². The van der Waals surface area contributed by atoms with Crippen LogP contribution in [-0.2, 0) is 33.7 Å². The van der Waals surface area contributed by atoms with Crippen LogP contribution in [0.5, 0.6) is 11.5 Å². The molecule has 0 saturated heterocycles. The highest BCUT2D eigenvalue weighted by molar-refractivity contribution is 7.09. The number of amides is 2. The summed E-state index contributed by atoms with van der Waals surface area (Å²) in [5.41, 5.74) is 2.16. The van der Waals surface area contributed by atoms with E-state index in [1.807, 2.05) is 77.9 Å². The van der Waals surface area contributed by atoms with Crippen LogP contribution in [0, 0.1) is 0 Å². The Morgan fingerprint density at radius 1 is 0.821 bits per heavy atom. The quantitative estimate of drug-likeness (QED) is 0.215. The van der Waals surface area contributed by atoms with Crippen LogP contribution in [0.3, 0.4) is 0 Å². The van der Waals surface area contributed by atoms with Crippen molar-refractivity contribution in [2.24, 2.45) is 0 Å². The van der Waals surface area contributed by atoms with E-state index in [9.17, 15) is 9.59 Å². The minimum absolute atomic E-state index is 0.0142. The van der Waals surface area contributed by atoms with E-state index in [0.717, 1.165) is 16.0 Å². The van der Waals surface area contributed by atoms with Crippen molar-refractivity contribution >= 4 is 23.2 Å². The summed E-state index contributed by atoms with van der Waals surface area (Å²) in [5.74, 6) is 1.26. The summed E-state index contributed by atoms with van der Waals surface area (Å²) in [7, 11) is 3.23. The predicted octanol–water partition coefficient (Wildman–Crippen LogP) is 5.22. The van der Waals surface area contributed by atoms with Crippen molar-refractivity contribution in [1.82, 2.24) is 9.80 Å². The molecule has 3 rings (SSSR count). The van der Waals surface area contributed by atoms with E-state index < -0.39 is 0 Å². The highest BCUT2D eigenvalue weighted by atomic mass is 32.1. The Balaban J connectivity index is 1.69. The van der Waals surface area contributed by atoms with Crippen molar-refractivity contribution in [2.75, 3.05) is 47.1 Å². The lowest BCUT2D eigenvalue weighted by Crippen LogP contribution is -2.44. The highest BCUT2D eigenvalue weighted by Crippen LogP contribution is 2.28. The zero-order chi connectivity index (χ0) is 27.9. The number of hydrogen-bond acceptors (Lipinski definition) is 6. The molecule has 0 fully saturated rings. The second-order valence-electron chi connectivity index (χ2n) is 9.19. The molecule has 0 aliphatic heterocycles. The van der Waals surface area contributed by atoms with Crippen LogP contribution in [-0.4, -0.2) is 68.7 Å². The van der Waals surface area contributed by atoms with Gasteiger partial charge in [0.15, 0.2) is 11.5 Å². The summed E-state index contributed by atoms with van der Waals surface area (Å²) in [6.45, 7) is 4.72. The SMILES string of the molecule is CCOCCCN(CC(=O)N(CCc1ccc(OC)c(OC)c1)Cc1cccs1)C(=O)CCc1ccccc1. The van der Waals surface area contributed by atoms with Crippen molar-refractivity contribution in [3.63, 3.8) is 0 Å². The van der Waals surface area contributed by atoms with Crippen molar-refractivity contribution in [1.29, 1.82) is 0 Å². The largest absolute Gasteiger partial charge is 0.493 e. The fourth-order valence-corrected chi connectivity index (χ4v) is 5.01. The lowest BCUT2D eigenvalue weighted by Gasteiger charge is -2.28. The van der Waals surface area contributed by atoms with Crippen LogP contribution in [0.2, 0.25) is 0 Å². The normalized spacial score (nSPS) is 10.7. The average molecular weight is 553 g/mol. The van der Waals surface area contributed by atoms with E-state index in [0.29, 0.717) is 70.0 Å². The molecule has 0 aliphatic carbocycles. The molecule has 0 saturated carbocycles. The number of thiophene rings is 1. The Labute approximate surface area is 236 Å². The maximum absolute atomic E-state index is 13.7. The number of methoxy groups -OCH3 is 2. The van der Waals surface area contributed by atoms with Gasteiger partial charge in [0.1, 0.15) is 0 Å². The second kappa shape index (κ2) is 16.6. The van der Waals surface area contributed by atoms with Crippen molar-refractivity contribution in [3.8, 4) is 11.5 Å². The summed E-state index contributed by atoms with van der Waals surface area (Å²) in [4.78, 5) is 31.6. The van der Waals surface area contributed by atoms with Crippen LogP contribution in [0.25, 0.3) is 0 Å². The number of rotatable bonds is 17. The molecular weight excluding hydrogens is 512 g/mol. The number of carbonyl (C=O) groups is 2. The third-order valence-electron chi connectivity index (χ3n) is 6.47. The number of nitrogens with zero attached hydrogens (tertiary/aromatic N) is 2. The molecule has 0 N–H and O–H groups in total. The first-order valence-corrected chi connectivity index (χ1v) is 14.3. The number of hydrogen-bond donors (Lipinski definition) is 0. The van der Waals surface area contributed by atoms with E-state index >= 15 is 0 Å². The number of aryl methyl sites for hydroxylation is 1. The van der Waals surface area contributed by atoms with Crippen molar-refractivity contribution < 1.29 is 23.8 Å². The van der Waals surface area contributed by atoms with Gasteiger partial charge in [-0.15, -0.1) is 11.3 Å². The van der Waals surface area contributed by atoms with Crippen molar-refractivity contribution in [3.05, 3.63) is 82.0 Å². The third kappa shape index (κ3) is 10.0. The molecule has 0 radical (unpaired) electrons. The van der Waals surface area contributed by atoms with Gasteiger partial charge in [0, 0.05) is 37.6 Å². The summed E-state index contributed by atoms with van der Waals surface area (Å²) in [6.07, 6.45) is 2.36. The molecule has 1 heterocycles. The van der Waals surface area contributed by atoms with Gasteiger partial charge in [0.25, 0.3) is 0 Å². The Kier molecular flexibility index (Phi) is 12.8. The van der Waals surface area contributed by atoms with Gasteiger partial charge < -0.3 is 24.0 Å². The summed E-state index contributed by atoms with van der Waals surface area (Å²) in [5, 5.41) is 2.01. The average Bonchev–Trinajstić information content (AvgIpc) is 3.49. The standard InChI is InChI=1S/C31H40N2O5S/c1-4-38-20-9-18-32(30(34)16-14-25-10-6-5-7-11-25)24-31(35)33(23-27-12-8-21-39-27)19-17-26-13-15-28(36-2)29(22-26)37-3/h5-8,10-13,15,21-22H,4,9,14,16-20,23-24H2,1-3H3. The maximum atomic E-state index is 13.7. The molecule has 0 spiro atoms. The van der Waals surface area contributed by atoms with Crippen LogP contribution in [0.1, 0.15) is 35.8 Å². The molecule has 0 atom stereocenters. The fourth-order valence-electron chi connectivity index (χ4n) is 4.29.